The molecule has 1 aromatic rings. The number of hydrogen-bond donors (Lipinski definition) is 0. The molecule has 0 unspecified atom stereocenters. The van der Waals surface area contributed by atoms with Crippen molar-refractivity contribution in [1.82, 2.24) is 15.0 Å². The molecule has 0 spiro atoms. The van der Waals surface area contributed by atoms with E-state index in [0.29, 0.717) is 10.2 Å². The van der Waals surface area contributed by atoms with Gasteiger partial charge in [0.2, 0.25) is 5.28 Å². The zero-order chi connectivity index (χ0) is 19.0. The number of nitrogens with zero attached hydrogens (tertiary/aromatic N) is 3. The lowest BCUT2D eigenvalue weighted by atomic mass is 10.1. The molecule has 1 heterocycles. The van der Waals surface area contributed by atoms with Crippen LogP contribution in [-0.4, -0.2) is 25.8 Å². The number of ether oxygens (including phenoxy) is 1. The average molecular weight is 418 g/mol. The minimum absolute atomic E-state index is 0.157. The number of hydrogen-bond acceptors (Lipinski definition) is 6. The van der Waals surface area contributed by atoms with E-state index in [1.54, 1.807) is 11.8 Å². The van der Waals surface area contributed by atoms with Crippen LogP contribution in [0.25, 0.3) is 0 Å². The van der Waals surface area contributed by atoms with Crippen LogP contribution in [0.1, 0.15) is 90.9 Å². The molecule has 0 N–H and O–H groups in total. The van der Waals surface area contributed by atoms with Crippen LogP contribution in [0.3, 0.4) is 0 Å². The fourth-order valence-corrected chi connectivity index (χ4v) is 3.74. The molecule has 0 saturated heterocycles. The Labute approximate surface area is 173 Å². The summed E-state index contributed by atoms with van der Waals surface area (Å²) in [6.45, 7) is 4.41. The Morgan fingerprint density at radius 3 is 2.19 bits per heavy atom. The Balaban J connectivity index is 2.25. The second-order valence-corrected chi connectivity index (χ2v) is 8.28. The van der Waals surface area contributed by atoms with E-state index >= 15 is 0 Å². The van der Waals surface area contributed by atoms with Crippen molar-refractivity contribution in [3.05, 3.63) is 5.28 Å². The first-order valence-corrected chi connectivity index (χ1v) is 11.7. The van der Waals surface area contributed by atoms with Crippen LogP contribution in [0, 0.1) is 0 Å². The van der Waals surface area contributed by atoms with Crippen molar-refractivity contribution in [2.75, 3.05) is 5.75 Å². The van der Waals surface area contributed by atoms with Gasteiger partial charge >= 0.3 is 6.01 Å². The van der Waals surface area contributed by atoms with Crippen LogP contribution in [-0.2, 0) is 0 Å². The Morgan fingerprint density at radius 2 is 1.50 bits per heavy atom. The first-order chi connectivity index (χ1) is 12.7. The van der Waals surface area contributed by atoms with Crippen LogP contribution in [0.5, 0.6) is 6.01 Å². The minimum atomic E-state index is 0.157. The van der Waals surface area contributed by atoms with Crippen molar-refractivity contribution < 1.29 is 4.74 Å². The topological polar surface area (TPSA) is 47.9 Å². The Morgan fingerprint density at radius 1 is 0.885 bits per heavy atom. The Hall–Kier alpha value is -0.460. The summed E-state index contributed by atoms with van der Waals surface area (Å²) in [5.74, 6) is 0.982. The normalized spacial score (nSPS) is 10.9. The lowest BCUT2D eigenvalue weighted by Crippen LogP contribution is -2.09. The number of aromatic nitrogens is 3. The summed E-state index contributed by atoms with van der Waals surface area (Å²) in [6.07, 6.45) is 14.5. The molecule has 26 heavy (non-hydrogen) atoms. The second kappa shape index (κ2) is 15.6. The van der Waals surface area contributed by atoms with Crippen LogP contribution in [0.2, 0.25) is 5.28 Å². The van der Waals surface area contributed by atoms with Gasteiger partial charge in [-0.15, -0.1) is 0 Å². The molecule has 1 rings (SSSR count). The number of unbranched alkanes of at least 4 members (excludes halogenated alkanes) is 9. The summed E-state index contributed by atoms with van der Waals surface area (Å²) >= 11 is 12.8. The molecule has 0 amide bonds. The minimum Gasteiger partial charge on any atom is -0.417 e. The summed E-state index contributed by atoms with van der Waals surface area (Å²) in [6, 6.07) is 0.213. The largest absolute Gasteiger partial charge is 0.417 e. The Kier molecular flexibility index (Phi) is 14.1. The third-order valence-electron chi connectivity index (χ3n) is 3.99. The quantitative estimate of drug-likeness (QED) is 0.173. The molecule has 0 aliphatic heterocycles. The maximum absolute atomic E-state index is 5.98. The summed E-state index contributed by atoms with van der Waals surface area (Å²) in [4.78, 5) is 12.5. The standard InChI is InChI=1S/C19H32ClN3OS2/c1-3-5-7-8-9-10-11-13-15-26-19-22-17(20)21-18(23-19)24-16(25)14-12-6-4-2/h3-15H2,1-2H3. The van der Waals surface area contributed by atoms with E-state index in [4.69, 9.17) is 28.6 Å². The van der Waals surface area contributed by atoms with Gasteiger partial charge in [-0.1, -0.05) is 83.4 Å². The van der Waals surface area contributed by atoms with E-state index in [1.807, 2.05) is 0 Å². The van der Waals surface area contributed by atoms with Gasteiger partial charge < -0.3 is 4.74 Å². The van der Waals surface area contributed by atoms with E-state index in [1.165, 1.54) is 44.9 Å². The monoisotopic (exact) mass is 417 g/mol. The van der Waals surface area contributed by atoms with Gasteiger partial charge in [-0.2, -0.15) is 15.0 Å². The number of halogens is 1. The van der Waals surface area contributed by atoms with Crippen molar-refractivity contribution in [3.8, 4) is 6.01 Å². The fourth-order valence-electron chi connectivity index (χ4n) is 2.50. The third-order valence-corrected chi connectivity index (χ3v) is 5.38. The maximum Gasteiger partial charge on any atom is 0.327 e. The highest BCUT2D eigenvalue weighted by atomic mass is 35.5. The molecule has 1 aromatic heterocycles. The summed E-state index contributed by atoms with van der Waals surface area (Å²) in [5.41, 5.74) is 0. The molecule has 148 valence electrons. The number of rotatable bonds is 15. The molecule has 0 aromatic carbocycles. The van der Waals surface area contributed by atoms with Crippen LogP contribution >= 0.6 is 35.6 Å². The third kappa shape index (κ3) is 12.0. The molecule has 0 aliphatic rings. The van der Waals surface area contributed by atoms with E-state index in [2.05, 4.69) is 28.8 Å². The highest BCUT2D eigenvalue weighted by Crippen LogP contribution is 2.20. The second-order valence-electron chi connectivity index (χ2n) is 6.42. The molecule has 4 nitrogen and oxygen atoms in total. The molecular formula is C19H32ClN3OS2. The lowest BCUT2D eigenvalue weighted by molar-refractivity contribution is 0.483. The molecule has 0 bridgehead atoms. The molecule has 0 fully saturated rings. The van der Waals surface area contributed by atoms with Gasteiger partial charge in [0.1, 0.15) is 0 Å². The van der Waals surface area contributed by atoms with Crippen LogP contribution in [0.15, 0.2) is 5.16 Å². The first-order valence-electron chi connectivity index (χ1n) is 9.90. The summed E-state index contributed by atoms with van der Waals surface area (Å²) < 4.78 is 5.55. The van der Waals surface area contributed by atoms with E-state index < -0.39 is 0 Å². The zero-order valence-electron chi connectivity index (χ0n) is 16.1. The Bertz CT molecular complexity index is 518. The molecular weight excluding hydrogens is 386 g/mol. The molecule has 7 heteroatoms. The SMILES string of the molecule is CCCCCCCCCCSc1nc(Cl)nc(OC(=S)CCCCC)n1. The van der Waals surface area contributed by atoms with E-state index in [0.717, 1.165) is 37.9 Å². The van der Waals surface area contributed by atoms with Crippen molar-refractivity contribution in [1.29, 1.82) is 0 Å². The summed E-state index contributed by atoms with van der Waals surface area (Å²) in [5, 5.41) is 1.28. The van der Waals surface area contributed by atoms with Gasteiger partial charge in [0.25, 0.3) is 0 Å². The molecule has 0 atom stereocenters. The number of thiocarbonyl (C=S) groups is 1. The van der Waals surface area contributed by atoms with E-state index in [9.17, 15) is 0 Å². The maximum atomic E-state index is 5.98. The molecule has 0 radical (unpaired) electrons. The fraction of sp³-hybridized carbons (Fsp3) is 0.789. The van der Waals surface area contributed by atoms with E-state index in [-0.39, 0.29) is 11.3 Å². The first kappa shape index (κ1) is 23.6. The predicted octanol–water partition coefficient (Wildman–Crippen LogP) is 7.04. The predicted molar refractivity (Wildman–Crippen MR) is 116 cm³/mol. The van der Waals surface area contributed by atoms with Gasteiger partial charge in [0, 0.05) is 12.2 Å². The average Bonchev–Trinajstić information content (AvgIpc) is 2.60. The van der Waals surface area contributed by atoms with Crippen molar-refractivity contribution in [2.45, 2.75) is 96.1 Å². The summed E-state index contributed by atoms with van der Waals surface area (Å²) in [7, 11) is 0. The smallest absolute Gasteiger partial charge is 0.327 e. The van der Waals surface area contributed by atoms with Gasteiger partial charge in [-0.05, 0) is 36.7 Å². The van der Waals surface area contributed by atoms with Gasteiger partial charge in [0.15, 0.2) is 10.2 Å². The van der Waals surface area contributed by atoms with Crippen molar-refractivity contribution in [3.63, 3.8) is 0 Å². The van der Waals surface area contributed by atoms with Gasteiger partial charge in [0.05, 0.1) is 0 Å². The van der Waals surface area contributed by atoms with Gasteiger partial charge in [-0.25, -0.2) is 0 Å². The van der Waals surface area contributed by atoms with Crippen molar-refractivity contribution in [2.24, 2.45) is 0 Å². The molecule has 0 aliphatic carbocycles. The highest BCUT2D eigenvalue weighted by Gasteiger charge is 2.09. The highest BCUT2D eigenvalue weighted by molar-refractivity contribution is 7.99. The lowest BCUT2D eigenvalue weighted by Gasteiger charge is -2.07. The van der Waals surface area contributed by atoms with Crippen LogP contribution < -0.4 is 4.74 Å². The number of thioether (sulfide) groups is 1. The van der Waals surface area contributed by atoms with Gasteiger partial charge in [-0.3, -0.25) is 0 Å². The molecule has 0 saturated carbocycles. The zero-order valence-corrected chi connectivity index (χ0v) is 18.5. The van der Waals surface area contributed by atoms with Crippen LogP contribution in [0.4, 0.5) is 0 Å². The van der Waals surface area contributed by atoms with Crippen molar-refractivity contribution >= 4 is 40.6 Å².